The molecule has 0 saturated heterocycles. The van der Waals surface area contributed by atoms with E-state index in [4.69, 9.17) is 0 Å². The predicted octanol–water partition coefficient (Wildman–Crippen LogP) is 5.29. The van der Waals surface area contributed by atoms with Crippen LogP contribution in [-0.2, 0) is 11.2 Å². The van der Waals surface area contributed by atoms with Crippen LogP contribution in [0.5, 0.6) is 0 Å². The van der Waals surface area contributed by atoms with E-state index in [9.17, 15) is 4.79 Å². The van der Waals surface area contributed by atoms with Crippen LogP contribution in [-0.4, -0.2) is 5.78 Å². The second-order valence-electron chi connectivity index (χ2n) is 6.61. The third kappa shape index (κ3) is 2.27. The molecular formula is C20H28O. The van der Waals surface area contributed by atoms with Crippen LogP contribution in [0.2, 0.25) is 0 Å². The minimum Gasteiger partial charge on any atom is -0.294 e. The Bertz CT molecular complexity index is 579. The van der Waals surface area contributed by atoms with Gasteiger partial charge in [-0.2, -0.15) is 0 Å². The second kappa shape index (κ2) is 5.79. The fourth-order valence-electron chi connectivity index (χ4n) is 4.22. The molecule has 1 heteroatoms. The highest BCUT2D eigenvalue weighted by Gasteiger charge is 2.49. The Hall–Kier alpha value is -1.37. The van der Waals surface area contributed by atoms with E-state index in [1.54, 1.807) is 0 Å². The van der Waals surface area contributed by atoms with Gasteiger partial charge in [-0.3, -0.25) is 4.79 Å². The first-order valence-electron chi connectivity index (χ1n) is 8.31. The second-order valence-corrected chi connectivity index (χ2v) is 6.61. The third-order valence-electron chi connectivity index (χ3n) is 5.26. The van der Waals surface area contributed by atoms with E-state index < -0.39 is 0 Å². The van der Waals surface area contributed by atoms with Gasteiger partial charge in [0, 0.05) is 11.3 Å². The monoisotopic (exact) mass is 284 g/mol. The van der Waals surface area contributed by atoms with Crippen molar-refractivity contribution in [3.63, 3.8) is 0 Å². The lowest BCUT2D eigenvalue weighted by atomic mass is 9.61. The van der Waals surface area contributed by atoms with Crippen molar-refractivity contribution < 1.29 is 4.79 Å². The van der Waals surface area contributed by atoms with Crippen LogP contribution in [0.3, 0.4) is 0 Å². The number of rotatable bonds is 1. The van der Waals surface area contributed by atoms with E-state index >= 15 is 0 Å². The number of carbonyl (C=O) groups is 1. The summed E-state index contributed by atoms with van der Waals surface area (Å²) < 4.78 is 0. The lowest BCUT2D eigenvalue weighted by Gasteiger charge is -2.42. The maximum Gasteiger partial charge on any atom is 0.161 e. The fourth-order valence-corrected chi connectivity index (χ4v) is 4.22. The van der Waals surface area contributed by atoms with E-state index in [-0.39, 0.29) is 11.3 Å². The van der Waals surface area contributed by atoms with Gasteiger partial charge in [0.2, 0.25) is 0 Å². The summed E-state index contributed by atoms with van der Waals surface area (Å²) in [5.74, 6) is 1.09. The normalized spacial score (nSPS) is 27.2. The smallest absolute Gasteiger partial charge is 0.161 e. The molecule has 0 amide bonds. The van der Waals surface area contributed by atoms with Crippen molar-refractivity contribution >= 4 is 11.4 Å². The van der Waals surface area contributed by atoms with Crippen molar-refractivity contribution in [2.75, 3.05) is 0 Å². The van der Waals surface area contributed by atoms with Crippen molar-refractivity contribution in [3.05, 3.63) is 41.0 Å². The van der Waals surface area contributed by atoms with Gasteiger partial charge in [0.25, 0.3) is 0 Å². The number of ketones is 1. The van der Waals surface area contributed by atoms with Crippen molar-refractivity contribution in [1.82, 2.24) is 0 Å². The molecule has 0 N–H and O–H groups in total. The van der Waals surface area contributed by atoms with E-state index in [2.05, 4.69) is 45.0 Å². The lowest BCUT2D eigenvalue weighted by molar-refractivity contribution is -0.120. The summed E-state index contributed by atoms with van der Waals surface area (Å²) in [7, 11) is 0. The van der Waals surface area contributed by atoms with Crippen LogP contribution in [0.4, 0.5) is 0 Å². The minimum absolute atomic E-state index is 0.167. The van der Waals surface area contributed by atoms with E-state index in [1.165, 1.54) is 16.7 Å². The van der Waals surface area contributed by atoms with Crippen molar-refractivity contribution in [2.24, 2.45) is 17.3 Å². The third-order valence-corrected chi connectivity index (χ3v) is 5.26. The van der Waals surface area contributed by atoms with Gasteiger partial charge in [0.1, 0.15) is 0 Å². The molecule has 21 heavy (non-hydrogen) atoms. The van der Waals surface area contributed by atoms with Gasteiger partial charge in [-0.05, 0) is 48.0 Å². The average molecular weight is 284 g/mol. The van der Waals surface area contributed by atoms with Gasteiger partial charge in [0.15, 0.2) is 5.78 Å². The molecule has 0 saturated carbocycles. The summed E-state index contributed by atoms with van der Waals surface area (Å²) in [6, 6.07) is 8.64. The first-order chi connectivity index (χ1) is 9.97. The van der Waals surface area contributed by atoms with Gasteiger partial charge in [-0.15, -0.1) is 0 Å². The zero-order valence-corrected chi connectivity index (χ0v) is 14.3. The molecule has 3 rings (SSSR count). The summed E-state index contributed by atoms with van der Waals surface area (Å²) in [5.41, 5.74) is 5.29. The molecule has 114 valence electrons. The summed E-state index contributed by atoms with van der Waals surface area (Å²) in [6.07, 6.45) is 2.11. The van der Waals surface area contributed by atoms with Crippen LogP contribution in [0, 0.1) is 17.3 Å². The Balaban J connectivity index is 0.000000774. The molecule has 2 aliphatic rings. The summed E-state index contributed by atoms with van der Waals surface area (Å²) in [4.78, 5) is 12.4. The maximum atomic E-state index is 12.4. The van der Waals surface area contributed by atoms with Gasteiger partial charge < -0.3 is 0 Å². The number of hydrogen-bond donors (Lipinski definition) is 0. The Labute approximate surface area is 129 Å². The Kier molecular flexibility index (Phi) is 4.41. The first-order valence-corrected chi connectivity index (χ1v) is 8.31. The largest absolute Gasteiger partial charge is 0.294 e. The highest BCUT2D eigenvalue weighted by molar-refractivity contribution is 6.07. The molecule has 0 spiro atoms. The number of hydrogen-bond acceptors (Lipinski definition) is 1. The maximum absolute atomic E-state index is 12.4. The molecule has 0 aromatic heterocycles. The molecular weight excluding hydrogens is 256 g/mol. The highest BCUT2D eigenvalue weighted by Crippen LogP contribution is 2.58. The molecule has 0 aliphatic heterocycles. The van der Waals surface area contributed by atoms with Crippen LogP contribution < -0.4 is 0 Å². The van der Waals surface area contributed by atoms with E-state index in [0.717, 1.165) is 18.4 Å². The first kappa shape index (κ1) is 16.0. The number of benzene rings is 1. The Morgan fingerprint density at radius 2 is 1.81 bits per heavy atom. The van der Waals surface area contributed by atoms with Crippen LogP contribution in [0.25, 0.3) is 5.57 Å². The number of carbonyl (C=O) groups excluding carboxylic acids is 1. The standard InChI is InChI=1S/C18H22O.C2H6/c1-11(2)18-9-12(3)17(19)13(4)16(18)15-8-6-5-7-14(15)10-18;1-2/h5-8,11-12H,9-10H2,1-4H3;1-2H3. The zero-order valence-electron chi connectivity index (χ0n) is 14.3. The predicted molar refractivity (Wildman–Crippen MR) is 90.1 cm³/mol. The Morgan fingerprint density at radius 3 is 2.43 bits per heavy atom. The van der Waals surface area contributed by atoms with Crippen molar-refractivity contribution in [2.45, 2.75) is 54.4 Å². The topological polar surface area (TPSA) is 17.1 Å². The molecule has 0 fully saturated rings. The SMILES string of the molecule is CC.CC1=C2c3ccccc3CC2(C(C)C)CC(C)C1=O. The highest BCUT2D eigenvalue weighted by atomic mass is 16.1. The van der Waals surface area contributed by atoms with Crippen LogP contribution >= 0.6 is 0 Å². The number of Topliss-reactive ketones (excluding diaryl/α,β-unsaturated/α-hetero) is 1. The molecule has 1 aromatic rings. The van der Waals surface area contributed by atoms with Gasteiger partial charge in [0.05, 0.1) is 0 Å². The molecule has 2 atom stereocenters. The number of fused-ring (bicyclic) bond motifs is 3. The van der Waals surface area contributed by atoms with Gasteiger partial charge in [-0.25, -0.2) is 0 Å². The summed E-state index contributed by atoms with van der Waals surface area (Å²) in [5, 5.41) is 0. The zero-order chi connectivity index (χ0) is 15.8. The molecule has 1 aromatic carbocycles. The van der Waals surface area contributed by atoms with E-state index in [1.807, 2.05) is 20.8 Å². The molecule has 1 nitrogen and oxygen atoms in total. The van der Waals surface area contributed by atoms with Gasteiger partial charge >= 0.3 is 0 Å². The minimum atomic E-state index is 0.167. The fraction of sp³-hybridized carbons (Fsp3) is 0.550. The summed E-state index contributed by atoms with van der Waals surface area (Å²) >= 11 is 0. The van der Waals surface area contributed by atoms with Crippen molar-refractivity contribution in [3.8, 4) is 0 Å². The Morgan fingerprint density at radius 1 is 1.19 bits per heavy atom. The molecule has 0 heterocycles. The van der Waals surface area contributed by atoms with E-state index in [0.29, 0.717) is 11.7 Å². The van der Waals surface area contributed by atoms with Gasteiger partial charge in [-0.1, -0.05) is 58.9 Å². The average Bonchev–Trinajstić information content (AvgIpc) is 2.82. The molecule has 2 aliphatic carbocycles. The van der Waals surface area contributed by atoms with Crippen LogP contribution in [0.1, 0.15) is 59.1 Å². The molecule has 2 unspecified atom stereocenters. The van der Waals surface area contributed by atoms with Crippen molar-refractivity contribution in [1.29, 1.82) is 0 Å². The lowest BCUT2D eigenvalue weighted by Crippen LogP contribution is -2.37. The molecule has 0 radical (unpaired) electrons. The summed E-state index contributed by atoms with van der Waals surface area (Å²) in [6.45, 7) is 12.7. The molecule has 0 bridgehead atoms. The number of allylic oxidation sites excluding steroid dienone is 2. The van der Waals surface area contributed by atoms with Crippen LogP contribution in [0.15, 0.2) is 29.8 Å². The quantitative estimate of drug-likeness (QED) is 0.684.